The Labute approximate surface area is 112 Å². The van der Waals surface area contributed by atoms with Gasteiger partial charge < -0.3 is 9.64 Å². The number of anilines is 2. The summed E-state index contributed by atoms with van der Waals surface area (Å²) in [4.78, 5) is 13.8. The molecule has 0 atom stereocenters. The van der Waals surface area contributed by atoms with Gasteiger partial charge in [0.05, 0.1) is 11.3 Å². The zero-order valence-electron chi connectivity index (χ0n) is 11.0. The highest BCUT2D eigenvalue weighted by molar-refractivity contribution is 5.98. The fraction of sp³-hybridized carbons (Fsp3) is 0.188. The van der Waals surface area contributed by atoms with Crippen molar-refractivity contribution in [1.29, 1.82) is 0 Å². The second kappa shape index (κ2) is 4.43. The van der Waals surface area contributed by atoms with Crippen molar-refractivity contribution >= 4 is 17.3 Å². The minimum atomic E-state index is -0.248. The zero-order chi connectivity index (χ0) is 13.4. The van der Waals surface area contributed by atoms with Gasteiger partial charge >= 0.3 is 5.97 Å². The standard InChI is InChI=1S/C16H15NO2/c1-11-3-6-13(7-4-11)17-10-19-16(18)14-9-12(2)5-8-15(14)17/h3-9H,10H2,1-2H3. The Kier molecular flexibility index (Phi) is 2.75. The zero-order valence-corrected chi connectivity index (χ0v) is 11.0. The van der Waals surface area contributed by atoms with Crippen LogP contribution in [0.3, 0.4) is 0 Å². The molecule has 0 saturated heterocycles. The van der Waals surface area contributed by atoms with Gasteiger partial charge in [-0.3, -0.25) is 0 Å². The van der Waals surface area contributed by atoms with Gasteiger partial charge in [-0.15, -0.1) is 0 Å². The van der Waals surface area contributed by atoms with Gasteiger partial charge in [-0.2, -0.15) is 0 Å². The SMILES string of the molecule is Cc1ccc(N2COC(=O)c3cc(C)ccc32)cc1. The molecule has 0 aromatic heterocycles. The van der Waals surface area contributed by atoms with Crippen molar-refractivity contribution in [3.8, 4) is 0 Å². The van der Waals surface area contributed by atoms with Crippen LogP contribution >= 0.6 is 0 Å². The van der Waals surface area contributed by atoms with Gasteiger partial charge in [-0.25, -0.2) is 4.79 Å². The summed E-state index contributed by atoms with van der Waals surface area (Å²) in [5, 5.41) is 0. The van der Waals surface area contributed by atoms with Crippen LogP contribution in [0.2, 0.25) is 0 Å². The number of ether oxygens (including phenoxy) is 1. The third-order valence-electron chi connectivity index (χ3n) is 3.33. The molecule has 0 spiro atoms. The summed E-state index contributed by atoms with van der Waals surface area (Å²) in [7, 11) is 0. The highest BCUT2D eigenvalue weighted by atomic mass is 16.5. The maximum Gasteiger partial charge on any atom is 0.342 e. The van der Waals surface area contributed by atoms with Crippen molar-refractivity contribution in [3.63, 3.8) is 0 Å². The topological polar surface area (TPSA) is 29.5 Å². The maximum absolute atomic E-state index is 11.8. The summed E-state index contributed by atoms with van der Waals surface area (Å²) in [5.74, 6) is -0.248. The lowest BCUT2D eigenvalue weighted by Crippen LogP contribution is -2.30. The van der Waals surface area contributed by atoms with Crippen molar-refractivity contribution in [2.75, 3.05) is 11.6 Å². The van der Waals surface area contributed by atoms with Gasteiger partial charge in [-0.05, 0) is 38.1 Å². The molecule has 0 amide bonds. The number of rotatable bonds is 1. The normalized spacial score (nSPS) is 14.0. The summed E-state index contributed by atoms with van der Waals surface area (Å²) in [6, 6.07) is 14.1. The number of benzene rings is 2. The van der Waals surface area contributed by atoms with Crippen LogP contribution in [0.5, 0.6) is 0 Å². The Bertz CT molecular complexity index is 632. The summed E-state index contributed by atoms with van der Waals surface area (Å²) >= 11 is 0. The predicted molar refractivity (Wildman–Crippen MR) is 74.8 cm³/mol. The van der Waals surface area contributed by atoms with Crippen LogP contribution in [0.25, 0.3) is 0 Å². The highest BCUT2D eigenvalue weighted by Crippen LogP contribution is 2.33. The van der Waals surface area contributed by atoms with Crippen LogP contribution in [0, 0.1) is 13.8 Å². The number of nitrogens with zero attached hydrogens (tertiary/aromatic N) is 1. The lowest BCUT2D eigenvalue weighted by atomic mass is 10.1. The van der Waals surface area contributed by atoms with E-state index in [9.17, 15) is 4.79 Å². The van der Waals surface area contributed by atoms with Crippen molar-refractivity contribution < 1.29 is 9.53 Å². The number of cyclic esters (lactones) is 1. The molecule has 1 aliphatic rings. The number of hydrogen-bond donors (Lipinski definition) is 0. The van der Waals surface area contributed by atoms with Gasteiger partial charge in [0, 0.05) is 5.69 Å². The molecule has 0 aliphatic carbocycles. The Morgan fingerprint density at radius 1 is 1.00 bits per heavy atom. The average molecular weight is 253 g/mol. The summed E-state index contributed by atoms with van der Waals surface area (Å²) in [5.41, 5.74) is 4.84. The number of hydrogen-bond acceptors (Lipinski definition) is 3. The van der Waals surface area contributed by atoms with Crippen LogP contribution in [0.15, 0.2) is 42.5 Å². The number of carbonyl (C=O) groups is 1. The molecule has 2 aromatic rings. The van der Waals surface area contributed by atoms with Crippen molar-refractivity contribution in [2.45, 2.75) is 13.8 Å². The Hall–Kier alpha value is -2.29. The number of carbonyl (C=O) groups excluding carboxylic acids is 1. The molecule has 3 heteroatoms. The molecule has 96 valence electrons. The molecule has 1 aliphatic heterocycles. The Morgan fingerprint density at radius 2 is 1.68 bits per heavy atom. The van der Waals surface area contributed by atoms with E-state index >= 15 is 0 Å². The first-order valence-corrected chi connectivity index (χ1v) is 6.27. The Morgan fingerprint density at radius 3 is 2.42 bits per heavy atom. The summed E-state index contributed by atoms with van der Waals surface area (Å²) in [6.45, 7) is 4.29. The maximum atomic E-state index is 11.8. The van der Waals surface area contributed by atoms with Gasteiger partial charge in [-0.1, -0.05) is 29.3 Å². The van der Waals surface area contributed by atoms with Crippen LogP contribution < -0.4 is 4.90 Å². The van der Waals surface area contributed by atoms with E-state index in [2.05, 4.69) is 19.1 Å². The molecular weight excluding hydrogens is 238 g/mol. The molecule has 0 unspecified atom stereocenters. The monoisotopic (exact) mass is 253 g/mol. The quantitative estimate of drug-likeness (QED) is 0.728. The summed E-state index contributed by atoms with van der Waals surface area (Å²) in [6.07, 6.45) is 0. The van der Waals surface area contributed by atoms with Gasteiger partial charge in [0.1, 0.15) is 0 Å². The van der Waals surface area contributed by atoms with Crippen molar-refractivity contribution in [2.24, 2.45) is 0 Å². The molecule has 0 bridgehead atoms. The molecule has 2 aromatic carbocycles. The first kappa shape index (κ1) is 11.8. The van der Waals surface area contributed by atoms with Gasteiger partial charge in [0.25, 0.3) is 0 Å². The number of esters is 1. The van der Waals surface area contributed by atoms with Crippen molar-refractivity contribution in [1.82, 2.24) is 0 Å². The lowest BCUT2D eigenvalue weighted by molar-refractivity contribution is 0.0493. The minimum Gasteiger partial charge on any atom is -0.440 e. The lowest BCUT2D eigenvalue weighted by Gasteiger charge is -2.30. The fourth-order valence-electron chi connectivity index (χ4n) is 2.26. The van der Waals surface area contributed by atoms with E-state index in [1.54, 1.807) is 0 Å². The second-order valence-electron chi connectivity index (χ2n) is 4.85. The van der Waals surface area contributed by atoms with E-state index in [-0.39, 0.29) is 12.7 Å². The molecule has 3 rings (SSSR count). The molecular formula is C16H15NO2. The molecule has 19 heavy (non-hydrogen) atoms. The summed E-state index contributed by atoms with van der Waals surface area (Å²) < 4.78 is 5.24. The third-order valence-corrected chi connectivity index (χ3v) is 3.33. The van der Waals surface area contributed by atoms with E-state index in [1.807, 2.05) is 42.2 Å². The molecule has 0 radical (unpaired) electrons. The largest absolute Gasteiger partial charge is 0.440 e. The molecule has 0 fully saturated rings. The highest BCUT2D eigenvalue weighted by Gasteiger charge is 2.25. The van der Waals surface area contributed by atoms with Crippen LogP contribution in [-0.2, 0) is 4.74 Å². The van der Waals surface area contributed by atoms with E-state index in [1.165, 1.54) is 5.56 Å². The molecule has 3 nitrogen and oxygen atoms in total. The Balaban J connectivity index is 2.08. The predicted octanol–water partition coefficient (Wildman–Crippen LogP) is 3.57. The molecule has 1 heterocycles. The minimum absolute atomic E-state index is 0.248. The van der Waals surface area contributed by atoms with Crippen molar-refractivity contribution in [3.05, 3.63) is 59.2 Å². The first-order valence-electron chi connectivity index (χ1n) is 6.27. The van der Waals surface area contributed by atoms with E-state index < -0.39 is 0 Å². The molecule has 0 N–H and O–H groups in total. The molecule has 0 saturated carbocycles. The second-order valence-corrected chi connectivity index (χ2v) is 4.85. The first-order chi connectivity index (χ1) is 9.15. The third kappa shape index (κ3) is 2.08. The van der Waals surface area contributed by atoms with E-state index in [4.69, 9.17) is 4.74 Å². The van der Waals surface area contributed by atoms with Gasteiger partial charge in [0.2, 0.25) is 0 Å². The van der Waals surface area contributed by atoms with Crippen LogP contribution in [-0.4, -0.2) is 12.7 Å². The van der Waals surface area contributed by atoms with Crippen LogP contribution in [0.1, 0.15) is 21.5 Å². The van der Waals surface area contributed by atoms with Gasteiger partial charge in [0.15, 0.2) is 6.73 Å². The smallest absolute Gasteiger partial charge is 0.342 e. The fourth-order valence-corrected chi connectivity index (χ4v) is 2.26. The van der Waals surface area contributed by atoms with E-state index in [0.717, 1.165) is 16.9 Å². The van der Waals surface area contributed by atoms with E-state index in [0.29, 0.717) is 5.56 Å². The van der Waals surface area contributed by atoms with Crippen LogP contribution in [0.4, 0.5) is 11.4 Å². The average Bonchev–Trinajstić information content (AvgIpc) is 2.41. The number of fused-ring (bicyclic) bond motifs is 1. The number of aryl methyl sites for hydroxylation is 2.